The Kier molecular flexibility index (Phi) is 3.63. The molecule has 1 saturated carbocycles. The van der Waals surface area contributed by atoms with Crippen LogP contribution < -0.4 is 0 Å². The molecule has 3 aliphatic rings. The van der Waals surface area contributed by atoms with E-state index in [1.54, 1.807) is 0 Å². The highest BCUT2D eigenvalue weighted by Gasteiger charge is 2.55. The Labute approximate surface area is 136 Å². The molecule has 2 heterocycles. The quantitative estimate of drug-likeness (QED) is 0.788. The van der Waals surface area contributed by atoms with E-state index >= 15 is 0 Å². The molecule has 2 atom stereocenters. The van der Waals surface area contributed by atoms with E-state index in [4.69, 9.17) is 4.74 Å². The van der Waals surface area contributed by atoms with Crippen LogP contribution in [0.3, 0.4) is 0 Å². The summed E-state index contributed by atoms with van der Waals surface area (Å²) in [4.78, 5) is 27.1. The van der Waals surface area contributed by atoms with Crippen LogP contribution >= 0.6 is 0 Å². The molecular weight excluding hydrogens is 290 g/mol. The molecule has 4 heteroatoms. The number of hydrogen-bond acceptors (Lipinski definition) is 3. The van der Waals surface area contributed by atoms with Crippen molar-refractivity contribution >= 4 is 11.9 Å². The zero-order valence-corrected chi connectivity index (χ0v) is 13.4. The van der Waals surface area contributed by atoms with Crippen LogP contribution in [0.5, 0.6) is 0 Å². The number of rotatable bonds is 2. The van der Waals surface area contributed by atoms with E-state index in [2.05, 4.69) is 12.1 Å². The van der Waals surface area contributed by atoms with Gasteiger partial charge in [-0.3, -0.25) is 9.59 Å². The van der Waals surface area contributed by atoms with Crippen LogP contribution in [0.1, 0.15) is 56.6 Å². The van der Waals surface area contributed by atoms with Crippen LogP contribution in [0.4, 0.5) is 0 Å². The van der Waals surface area contributed by atoms with Crippen molar-refractivity contribution < 1.29 is 14.3 Å². The van der Waals surface area contributed by atoms with Crippen LogP contribution in [-0.4, -0.2) is 28.9 Å². The predicted molar refractivity (Wildman–Crippen MR) is 85.5 cm³/mol. The fraction of sp³-hybridized carbons (Fsp3) is 0.579. The second kappa shape index (κ2) is 5.66. The molecule has 4 nitrogen and oxygen atoms in total. The van der Waals surface area contributed by atoms with E-state index in [0.29, 0.717) is 0 Å². The van der Waals surface area contributed by atoms with Crippen LogP contribution in [0, 0.1) is 5.92 Å². The molecule has 1 aromatic rings. The number of likely N-dealkylation sites (tertiary alicyclic amines) is 1. The normalized spacial score (nSPS) is 29.2. The lowest BCUT2D eigenvalue weighted by Gasteiger charge is -2.33. The molecule has 1 spiro atoms. The zero-order valence-electron chi connectivity index (χ0n) is 13.4. The first-order chi connectivity index (χ1) is 11.2. The molecule has 0 N–H and O–H groups in total. The van der Waals surface area contributed by atoms with Crippen molar-refractivity contribution in [3.8, 4) is 0 Å². The largest absolute Gasteiger partial charge is 0.458 e. The third-order valence-electron chi connectivity index (χ3n) is 5.79. The maximum atomic E-state index is 13.2. The molecule has 3 fully saturated rings. The SMILES string of the molecule is O=C1C[C@@H](C(=O)N2CCC[C@@H]2c2ccccc2)C2(CCCC2)O1. The Morgan fingerprint density at radius 2 is 1.87 bits per heavy atom. The van der Waals surface area contributed by atoms with Gasteiger partial charge in [-0.25, -0.2) is 0 Å². The molecule has 0 bridgehead atoms. The highest BCUT2D eigenvalue weighted by Crippen LogP contribution is 2.47. The fourth-order valence-corrected chi connectivity index (χ4v) is 4.68. The Morgan fingerprint density at radius 1 is 1.13 bits per heavy atom. The molecule has 2 aliphatic heterocycles. The minimum atomic E-state index is -0.502. The van der Waals surface area contributed by atoms with Gasteiger partial charge in [0.05, 0.1) is 18.4 Å². The van der Waals surface area contributed by atoms with Crippen molar-refractivity contribution in [1.82, 2.24) is 4.90 Å². The van der Waals surface area contributed by atoms with Crippen molar-refractivity contribution in [1.29, 1.82) is 0 Å². The minimum absolute atomic E-state index is 0.129. The van der Waals surface area contributed by atoms with Gasteiger partial charge in [-0.05, 0) is 44.1 Å². The van der Waals surface area contributed by atoms with Crippen LogP contribution in [0.25, 0.3) is 0 Å². The van der Waals surface area contributed by atoms with Gasteiger partial charge in [0.1, 0.15) is 5.60 Å². The summed E-state index contributed by atoms with van der Waals surface area (Å²) in [6.07, 6.45) is 6.09. The number of amides is 1. The highest BCUT2D eigenvalue weighted by molar-refractivity contribution is 5.88. The van der Waals surface area contributed by atoms with Crippen molar-refractivity contribution in [2.24, 2.45) is 5.92 Å². The third kappa shape index (κ3) is 2.44. The zero-order chi connectivity index (χ0) is 15.9. The minimum Gasteiger partial charge on any atom is -0.458 e. The highest BCUT2D eigenvalue weighted by atomic mass is 16.6. The summed E-state index contributed by atoms with van der Waals surface area (Å²) in [5.74, 6) is -0.341. The van der Waals surface area contributed by atoms with Gasteiger partial charge in [-0.2, -0.15) is 0 Å². The second-order valence-electron chi connectivity index (χ2n) is 7.10. The van der Waals surface area contributed by atoms with E-state index < -0.39 is 5.60 Å². The van der Waals surface area contributed by atoms with Gasteiger partial charge < -0.3 is 9.64 Å². The van der Waals surface area contributed by atoms with E-state index in [1.165, 1.54) is 5.56 Å². The summed E-state index contributed by atoms with van der Waals surface area (Å²) in [7, 11) is 0. The summed E-state index contributed by atoms with van der Waals surface area (Å²) in [6, 6.07) is 10.4. The third-order valence-corrected chi connectivity index (χ3v) is 5.79. The lowest BCUT2D eigenvalue weighted by molar-refractivity contribution is -0.152. The van der Waals surface area contributed by atoms with Crippen molar-refractivity contribution in [3.63, 3.8) is 0 Å². The molecule has 23 heavy (non-hydrogen) atoms. The number of hydrogen-bond donors (Lipinski definition) is 0. The van der Waals surface area contributed by atoms with Crippen molar-refractivity contribution in [2.75, 3.05) is 6.54 Å². The van der Waals surface area contributed by atoms with E-state index in [9.17, 15) is 9.59 Å². The number of ether oxygens (including phenoxy) is 1. The van der Waals surface area contributed by atoms with E-state index in [0.717, 1.165) is 45.1 Å². The maximum absolute atomic E-state index is 13.2. The fourth-order valence-electron chi connectivity index (χ4n) is 4.68. The average Bonchev–Trinajstić information content (AvgIpc) is 3.29. The standard InChI is InChI=1S/C19H23NO3/c21-17-13-15(19(23-17)10-4-5-11-19)18(22)20-12-6-9-16(20)14-7-2-1-3-8-14/h1-3,7-8,15-16H,4-6,9-13H2/t15-,16+/m0/s1. The first kappa shape index (κ1) is 14.7. The van der Waals surface area contributed by atoms with Crippen molar-refractivity contribution in [3.05, 3.63) is 35.9 Å². The number of carbonyl (C=O) groups excluding carboxylic acids is 2. The summed E-state index contributed by atoms with van der Waals surface area (Å²) < 4.78 is 5.66. The van der Waals surface area contributed by atoms with Gasteiger partial charge >= 0.3 is 5.97 Å². The maximum Gasteiger partial charge on any atom is 0.307 e. The number of benzene rings is 1. The van der Waals surface area contributed by atoms with Crippen LogP contribution in [0.2, 0.25) is 0 Å². The number of carbonyl (C=O) groups is 2. The first-order valence-corrected chi connectivity index (χ1v) is 8.77. The number of esters is 1. The topological polar surface area (TPSA) is 46.6 Å². The first-order valence-electron chi connectivity index (χ1n) is 8.77. The van der Waals surface area contributed by atoms with Gasteiger partial charge in [-0.15, -0.1) is 0 Å². The van der Waals surface area contributed by atoms with Gasteiger partial charge in [0.15, 0.2) is 0 Å². The molecule has 122 valence electrons. The Hall–Kier alpha value is -1.84. The van der Waals surface area contributed by atoms with Gasteiger partial charge in [0.2, 0.25) is 5.91 Å². The Bertz CT molecular complexity index is 606. The molecule has 0 aromatic heterocycles. The Morgan fingerprint density at radius 3 is 2.61 bits per heavy atom. The van der Waals surface area contributed by atoms with Gasteiger partial charge in [0, 0.05) is 6.54 Å². The summed E-state index contributed by atoms with van der Waals surface area (Å²) in [6.45, 7) is 0.791. The molecule has 1 aromatic carbocycles. The predicted octanol–water partition coefficient (Wildman–Crippen LogP) is 3.23. The molecule has 1 aliphatic carbocycles. The molecule has 0 radical (unpaired) electrons. The summed E-state index contributed by atoms with van der Waals surface area (Å²) >= 11 is 0. The van der Waals surface area contributed by atoms with Gasteiger partial charge in [0.25, 0.3) is 0 Å². The lowest BCUT2D eigenvalue weighted by atomic mass is 9.84. The summed E-state index contributed by atoms with van der Waals surface area (Å²) in [5.41, 5.74) is 0.696. The smallest absolute Gasteiger partial charge is 0.307 e. The summed E-state index contributed by atoms with van der Waals surface area (Å²) in [5, 5.41) is 0. The molecule has 2 saturated heterocycles. The molecule has 0 unspecified atom stereocenters. The molecular formula is C19H23NO3. The van der Waals surface area contributed by atoms with E-state index in [1.807, 2.05) is 23.1 Å². The monoisotopic (exact) mass is 313 g/mol. The van der Waals surface area contributed by atoms with Crippen LogP contribution in [0.15, 0.2) is 30.3 Å². The molecule has 1 amide bonds. The lowest BCUT2D eigenvalue weighted by Crippen LogP contribution is -2.44. The average molecular weight is 313 g/mol. The van der Waals surface area contributed by atoms with Gasteiger partial charge in [-0.1, -0.05) is 30.3 Å². The Balaban J connectivity index is 1.59. The number of nitrogens with zero attached hydrogens (tertiary/aromatic N) is 1. The second-order valence-corrected chi connectivity index (χ2v) is 7.10. The van der Waals surface area contributed by atoms with Crippen LogP contribution in [-0.2, 0) is 14.3 Å². The molecule has 4 rings (SSSR count). The van der Waals surface area contributed by atoms with Crippen molar-refractivity contribution in [2.45, 2.75) is 56.6 Å². The van der Waals surface area contributed by atoms with E-state index in [-0.39, 0.29) is 30.3 Å².